The summed E-state index contributed by atoms with van der Waals surface area (Å²) in [6.07, 6.45) is 4.76. The molecule has 6 nitrogen and oxygen atoms in total. The number of likely N-dealkylation sites (tertiary alicyclic amines) is 1. The second-order valence-electron chi connectivity index (χ2n) is 6.65. The average Bonchev–Trinajstić information content (AvgIpc) is 3.05. The van der Waals surface area contributed by atoms with E-state index in [1.165, 1.54) is 12.1 Å². The fourth-order valence-electron chi connectivity index (χ4n) is 3.73. The van der Waals surface area contributed by atoms with Crippen molar-refractivity contribution in [3.05, 3.63) is 29.8 Å². The third-order valence-corrected chi connectivity index (χ3v) is 7.08. The number of nitriles is 1. The predicted octanol–water partition coefficient (Wildman–Crippen LogP) is 2.11. The summed E-state index contributed by atoms with van der Waals surface area (Å²) < 4.78 is 27.8. The van der Waals surface area contributed by atoms with Crippen molar-refractivity contribution in [2.75, 3.05) is 19.6 Å². The van der Waals surface area contributed by atoms with E-state index in [1.807, 2.05) is 11.0 Å². The molecule has 1 aromatic rings. The zero-order chi connectivity index (χ0) is 17.9. The lowest BCUT2D eigenvalue weighted by Gasteiger charge is -2.35. The molecule has 0 radical (unpaired) electrons. The normalized spacial score (nSPS) is 22.1. The van der Waals surface area contributed by atoms with Crippen LogP contribution in [0.15, 0.2) is 29.2 Å². The van der Waals surface area contributed by atoms with Crippen molar-refractivity contribution in [1.29, 1.82) is 5.26 Å². The summed E-state index contributed by atoms with van der Waals surface area (Å²) in [5.41, 5.74) is 0.182. The molecule has 2 fully saturated rings. The highest BCUT2D eigenvalue weighted by Gasteiger charge is 2.35. The number of sulfonamides is 1. The van der Waals surface area contributed by atoms with Crippen LogP contribution < -0.4 is 0 Å². The first kappa shape index (κ1) is 17.9. The van der Waals surface area contributed by atoms with Crippen LogP contribution in [0.25, 0.3) is 0 Å². The molecule has 1 amide bonds. The number of piperidine rings is 1. The SMILES string of the molecule is N#Cc1ccccc1S(=O)(=O)N1CCCC[C@H]1CCN1CCCC1=O. The fraction of sp³-hybridized carbons (Fsp3) is 0.556. The molecule has 7 heteroatoms. The van der Waals surface area contributed by atoms with Gasteiger partial charge in [-0.05, 0) is 37.8 Å². The minimum atomic E-state index is -3.71. The van der Waals surface area contributed by atoms with E-state index in [0.717, 1.165) is 32.2 Å². The Balaban J connectivity index is 1.80. The number of benzene rings is 1. The van der Waals surface area contributed by atoms with Crippen molar-refractivity contribution < 1.29 is 13.2 Å². The third-order valence-electron chi connectivity index (χ3n) is 5.07. The van der Waals surface area contributed by atoms with Crippen LogP contribution in [-0.4, -0.2) is 49.2 Å². The van der Waals surface area contributed by atoms with Crippen LogP contribution >= 0.6 is 0 Å². The summed E-state index contributed by atoms with van der Waals surface area (Å²) >= 11 is 0. The monoisotopic (exact) mass is 361 g/mol. The Morgan fingerprint density at radius 1 is 1.16 bits per heavy atom. The highest BCUT2D eigenvalue weighted by atomic mass is 32.2. The van der Waals surface area contributed by atoms with E-state index < -0.39 is 10.0 Å². The molecule has 0 bridgehead atoms. The molecule has 134 valence electrons. The molecule has 2 aliphatic rings. The van der Waals surface area contributed by atoms with Crippen LogP contribution in [0.3, 0.4) is 0 Å². The van der Waals surface area contributed by atoms with E-state index in [0.29, 0.717) is 25.9 Å². The Labute approximate surface area is 149 Å². The van der Waals surface area contributed by atoms with E-state index in [9.17, 15) is 18.5 Å². The molecule has 0 aromatic heterocycles. The molecule has 3 rings (SSSR count). The zero-order valence-electron chi connectivity index (χ0n) is 14.2. The van der Waals surface area contributed by atoms with Crippen LogP contribution in [0, 0.1) is 11.3 Å². The van der Waals surface area contributed by atoms with Crippen molar-refractivity contribution >= 4 is 15.9 Å². The van der Waals surface area contributed by atoms with E-state index in [-0.39, 0.29) is 22.4 Å². The molecule has 2 heterocycles. The van der Waals surface area contributed by atoms with Gasteiger partial charge in [0.15, 0.2) is 0 Å². The van der Waals surface area contributed by atoms with Gasteiger partial charge in [-0.15, -0.1) is 0 Å². The summed E-state index contributed by atoms with van der Waals surface area (Å²) in [6, 6.07) is 8.23. The Bertz CT molecular complexity index is 785. The third kappa shape index (κ3) is 3.70. The zero-order valence-corrected chi connectivity index (χ0v) is 15.0. The summed E-state index contributed by atoms with van der Waals surface area (Å²) in [4.78, 5) is 13.7. The minimum absolute atomic E-state index is 0.0849. The number of nitrogens with zero attached hydrogens (tertiary/aromatic N) is 3. The summed E-state index contributed by atoms with van der Waals surface area (Å²) in [5.74, 6) is 0.167. The van der Waals surface area contributed by atoms with Gasteiger partial charge in [-0.3, -0.25) is 4.79 Å². The van der Waals surface area contributed by atoms with Crippen molar-refractivity contribution in [3.63, 3.8) is 0 Å². The van der Waals surface area contributed by atoms with Crippen LogP contribution in [0.5, 0.6) is 0 Å². The first-order valence-corrected chi connectivity index (χ1v) is 10.3. The highest BCUT2D eigenvalue weighted by molar-refractivity contribution is 7.89. The quantitative estimate of drug-likeness (QED) is 0.804. The van der Waals surface area contributed by atoms with Gasteiger partial charge in [0.2, 0.25) is 15.9 Å². The second-order valence-corrected chi connectivity index (χ2v) is 8.51. The minimum Gasteiger partial charge on any atom is -0.343 e. The highest BCUT2D eigenvalue weighted by Crippen LogP contribution is 2.29. The molecule has 0 saturated carbocycles. The number of carbonyl (C=O) groups is 1. The Morgan fingerprint density at radius 2 is 1.96 bits per heavy atom. The lowest BCUT2D eigenvalue weighted by molar-refractivity contribution is -0.127. The maximum Gasteiger partial charge on any atom is 0.244 e. The van der Waals surface area contributed by atoms with E-state index in [1.54, 1.807) is 16.4 Å². The van der Waals surface area contributed by atoms with Crippen molar-refractivity contribution in [2.45, 2.75) is 49.5 Å². The van der Waals surface area contributed by atoms with Gasteiger partial charge in [0.25, 0.3) is 0 Å². The maximum atomic E-state index is 13.1. The fourth-order valence-corrected chi connectivity index (χ4v) is 5.60. The van der Waals surface area contributed by atoms with E-state index >= 15 is 0 Å². The molecule has 1 aromatic carbocycles. The summed E-state index contributed by atoms with van der Waals surface area (Å²) in [5, 5.41) is 9.24. The van der Waals surface area contributed by atoms with E-state index in [4.69, 9.17) is 0 Å². The molecule has 0 unspecified atom stereocenters. The standard InChI is InChI=1S/C18H23N3O3S/c19-14-15-6-1-2-8-17(15)25(23,24)21-12-4-3-7-16(21)10-13-20-11-5-9-18(20)22/h1-2,6,8,16H,3-5,7,9-13H2/t16-/m0/s1. The lowest BCUT2D eigenvalue weighted by atomic mass is 10.0. The molecular weight excluding hydrogens is 338 g/mol. The average molecular weight is 361 g/mol. The maximum absolute atomic E-state index is 13.1. The molecular formula is C18H23N3O3S. The Kier molecular flexibility index (Phi) is 5.40. The number of hydrogen-bond acceptors (Lipinski definition) is 4. The van der Waals surface area contributed by atoms with Crippen molar-refractivity contribution in [3.8, 4) is 6.07 Å². The summed E-state index contributed by atoms with van der Waals surface area (Å²) in [7, 11) is -3.71. The molecule has 0 spiro atoms. The van der Waals surface area contributed by atoms with Gasteiger partial charge in [-0.2, -0.15) is 9.57 Å². The number of carbonyl (C=O) groups excluding carboxylic acids is 1. The van der Waals surface area contributed by atoms with Gasteiger partial charge in [-0.1, -0.05) is 18.6 Å². The van der Waals surface area contributed by atoms with Gasteiger partial charge in [0.1, 0.15) is 6.07 Å². The van der Waals surface area contributed by atoms with Crippen LogP contribution in [0.2, 0.25) is 0 Å². The number of hydrogen-bond donors (Lipinski definition) is 0. The van der Waals surface area contributed by atoms with Crippen LogP contribution in [-0.2, 0) is 14.8 Å². The molecule has 1 atom stereocenters. The lowest BCUT2D eigenvalue weighted by Crippen LogP contribution is -2.45. The smallest absolute Gasteiger partial charge is 0.244 e. The summed E-state index contributed by atoms with van der Waals surface area (Å²) in [6.45, 7) is 1.85. The first-order valence-electron chi connectivity index (χ1n) is 8.83. The van der Waals surface area contributed by atoms with Crippen molar-refractivity contribution in [2.24, 2.45) is 0 Å². The molecule has 2 aliphatic heterocycles. The molecule has 2 saturated heterocycles. The number of amides is 1. The van der Waals surface area contributed by atoms with Gasteiger partial charge < -0.3 is 4.90 Å². The van der Waals surface area contributed by atoms with Gasteiger partial charge >= 0.3 is 0 Å². The first-order chi connectivity index (χ1) is 12.0. The molecule has 0 N–H and O–H groups in total. The van der Waals surface area contributed by atoms with E-state index in [2.05, 4.69) is 0 Å². The molecule has 0 aliphatic carbocycles. The second kappa shape index (κ2) is 7.54. The largest absolute Gasteiger partial charge is 0.343 e. The number of rotatable bonds is 5. The van der Waals surface area contributed by atoms with Crippen LogP contribution in [0.1, 0.15) is 44.1 Å². The molecule has 25 heavy (non-hydrogen) atoms. The Morgan fingerprint density at radius 3 is 2.68 bits per heavy atom. The van der Waals surface area contributed by atoms with Gasteiger partial charge in [0, 0.05) is 32.1 Å². The van der Waals surface area contributed by atoms with Crippen LogP contribution in [0.4, 0.5) is 0 Å². The van der Waals surface area contributed by atoms with Gasteiger partial charge in [0.05, 0.1) is 10.5 Å². The topological polar surface area (TPSA) is 81.5 Å². The van der Waals surface area contributed by atoms with Gasteiger partial charge in [-0.25, -0.2) is 8.42 Å². The van der Waals surface area contributed by atoms with Crippen molar-refractivity contribution in [1.82, 2.24) is 9.21 Å². The Hall–Kier alpha value is -1.91. The predicted molar refractivity (Wildman–Crippen MR) is 93.1 cm³/mol.